The Balaban J connectivity index is 1.61. The van der Waals surface area contributed by atoms with Gasteiger partial charge in [0.25, 0.3) is 0 Å². The van der Waals surface area contributed by atoms with Gasteiger partial charge in [-0.2, -0.15) is 0 Å². The van der Waals surface area contributed by atoms with Crippen LogP contribution in [-0.4, -0.2) is 60.2 Å². The molecule has 0 aromatic rings. The molecule has 0 aromatic heterocycles. The third-order valence-electron chi connectivity index (χ3n) is 5.49. The Kier molecular flexibility index (Phi) is 4.37. The summed E-state index contributed by atoms with van der Waals surface area (Å²) in [5, 5.41) is 10.2. The van der Waals surface area contributed by atoms with Crippen molar-refractivity contribution in [2.45, 2.75) is 69.1 Å². The second kappa shape index (κ2) is 5.91. The van der Waals surface area contributed by atoms with Gasteiger partial charge in [0.15, 0.2) is 0 Å². The Bertz CT molecular complexity index is 320. The summed E-state index contributed by atoms with van der Waals surface area (Å²) in [6, 6.07) is 0.635. The quantitative estimate of drug-likeness (QED) is 0.799. The molecular formula is C16H29NO3. The summed E-state index contributed by atoms with van der Waals surface area (Å²) in [6.45, 7) is 6.73. The number of likely N-dealkylation sites (tertiary alicyclic amines) is 1. The van der Waals surface area contributed by atoms with E-state index in [2.05, 4.69) is 4.90 Å². The summed E-state index contributed by atoms with van der Waals surface area (Å²) in [5.41, 5.74) is -0.383. The molecule has 116 valence electrons. The summed E-state index contributed by atoms with van der Waals surface area (Å²) in [5.74, 6) is 0. The minimum atomic E-state index is -0.462. The number of aliphatic hydroxyl groups is 1. The van der Waals surface area contributed by atoms with Crippen molar-refractivity contribution in [3.8, 4) is 0 Å². The normalized spacial score (nSPS) is 39.6. The lowest BCUT2D eigenvalue weighted by Crippen LogP contribution is -2.51. The van der Waals surface area contributed by atoms with E-state index in [-0.39, 0.29) is 5.60 Å². The molecule has 3 aliphatic heterocycles. The summed E-state index contributed by atoms with van der Waals surface area (Å²) in [7, 11) is 0. The van der Waals surface area contributed by atoms with Crippen molar-refractivity contribution in [3.05, 3.63) is 0 Å². The van der Waals surface area contributed by atoms with Crippen molar-refractivity contribution in [2.75, 3.05) is 32.9 Å². The number of nitrogens with zero attached hydrogens (tertiary/aromatic N) is 1. The molecule has 3 heterocycles. The molecular weight excluding hydrogens is 254 g/mol. The predicted molar refractivity (Wildman–Crippen MR) is 77.8 cm³/mol. The fourth-order valence-corrected chi connectivity index (χ4v) is 4.05. The second-order valence-electron chi connectivity index (χ2n) is 7.18. The van der Waals surface area contributed by atoms with E-state index < -0.39 is 5.60 Å². The van der Waals surface area contributed by atoms with Crippen molar-refractivity contribution < 1.29 is 14.6 Å². The van der Waals surface area contributed by atoms with Gasteiger partial charge >= 0.3 is 0 Å². The van der Waals surface area contributed by atoms with Crippen molar-refractivity contribution in [3.63, 3.8) is 0 Å². The number of hydrogen-bond donors (Lipinski definition) is 1. The highest BCUT2D eigenvalue weighted by Crippen LogP contribution is 2.37. The maximum atomic E-state index is 10.2. The Morgan fingerprint density at radius 1 is 1.05 bits per heavy atom. The Labute approximate surface area is 122 Å². The summed E-state index contributed by atoms with van der Waals surface area (Å²) in [4.78, 5) is 2.61. The van der Waals surface area contributed by atoms with Crippen LogP contribution in [0.25, 0.3) is 0 Å². The van der Waals surface area contributed by atoms with Crippen LogP contribution in [0.3, 0.4) is 0 Å². The largest absolute Gasteiger partial charge is 0.390 e. The number of rotatable bonds is 1. The van der Waals surface area contributed by atoms with E-state index in [1.165, 1.54) is 0 Å². The zero-order valence-corrected chi connectivity index (χ0v) is 12.8. The fraction of sp³-hybridized carbons (Fsp3) is 1.00. The van der Waals surface area contributed by atoms with Crippen molar-refractivity contribution >= 4 is 0 Å². The van der Waals surface area contributed by atoms with Gasteiger partial charge in [0.2, 0.25) is 0 Å². The SMILES string of the molecule is CC1(O)CCCN(C2CCOC3(CCOCC3)C2)CC1. The predicted octanol–water partition coefficient (Wildman–Crippen LogP) is 1.95. The van der Waals surface area contributed by atoms with E-state index >= 15 is 0 Å². The monoisotopic (exact) mass is 283 g/mol. The van der Waals surface area contributed by atoms with Gasteiger partial charge in [0, 0.05) is 32.4 Å². The van der Waals surface area contributed by atoms with Crippen LogP contribution in [0.4, 0.5) is 0 Å². The summed E-state index contributed by atoms with van der Waals surface area (Å²) < 4.78 is 11.6. The standard InChI is InChI=1S/C16H29NO3/c1-15(18)4-2-8-17(9-5-15)14-3-10-20-16(13-14)6-11-19-12-7-16/h14,18H,2-13H2,1H3. The zero-order valence-electron chi connectivity index (χ0n) is 12.8. The van der Waals surface area contributed by atoms with Gasteiger partial charge < -0.3 is 19.5 Å². The first-order valence-electron chi connectivity index (χ1n) is 8.27. The minimum Gasteiger partial charge on any atom is -0.390 e. The molecule has 0 radical (unpaired) electrons. The van der Waals surface area contributed by atoms with E-state index in [4.69, 9.17) is 9.47 Å². The van der Waals surface area contributed by atoms with E-state index in [0.29, 0.717) is 6.04 Å². The minimum absolute atomic E-state index is 0.0794. The molecule has 1 N–H and O–H groups in total. The van der Waals surface area contributed by atoms with Gasteiger partial charge in [-0.3, -0.25) is 0 Å². The number of hydrogen-bond acceptors (Lipinski definition) is 4. The van der Waals surface area contributed by atoms with Crippen molar-refractivity contribution in [1.82, 2.24) is 4.90 Å². The average molecular weight is 283 g/mol. The molecule has 3 rings (SSSR count). The van der Waals surface area contributed by atoms with Crippen LogP contribution in [0.1, 0.15) is 51.9 Å². The molecule has 4 heteroatoms. The molecule has 3 saturated heterocycles. The van der Waals surface area contributed by atoms with E-state index in [9.17, 15) is 5.11 Å². The lowest BCUT2D eigenvalue weighted by atomic mass is 9.83. The van der Waals surface area contributed by atoms with Crippen LogP contribution < -0.4 is 0 Å². The van der Waals surface area contributed by atoms with Crippen LogP contribution in [-0.2, 0) is 9.47 Å². The van der Waals surface area contributed by atoms with Gasteiger partial charge in [-0.15, -0.1) is 0 Å². The first kappa shape index (κ1) is 14.8. The molecule has 3 aliphatic rings. The lowest BCUT2D eigenvalue weighted by Gasteiger charge is -2.46. The molecule has 3 fully saturated rings. The van der Waals surface area contributed by atoms with Gasteiger partial charge in [0.1, 0.15) is 0 Å². The van der Waals surface area contributed by atoms with Crippen LogP contribution in [0.2, 0.25) is 0 Å². The second-order valence-corrected chi connectivity index (χ2v) is 7.18. The topological polar surface area (TPSA) is 41.9 Å². The molecule has 4 nitrogen and oxygen atoms in total. The van der Waals surface area contributed by atoms with Crippen LogP contribution in [0, 0.1) is 0 Å². The Morgan fingerprint density at radius 3 is 2.65 bits per heavy atom. The highest BCUT2D eigenvalue weighted by atomic mass is 16.5. The maximum Gasteiger partial charge on any atom is 0.0741 e. The third kappa shape index (κ3) is 3.35. The first-order valence-corrected chi connectivity index (χ1v) is 8.27. The van der Waals surface area contributed by atoms with Crippen molar-refractivity contribution in [2.24, 2.45) is 0 Å². The van der Waals surface area contributed by atoms with E-state index in [1.807, 2.05) is 6.92 Å². The van der Waals surface area contributed by atoms with Gasteiger partial charge in [-0.05, 0) is 58.4 Å². The Hall–Kier alpha value is -0.160. The summed E-state index contributed by atoms with van der Waals surface area (Å²) >= 11 is 0. The molecule has 0 saturated carbocycles. The molecule has 0 bridgehead atoms. The fourth-order valence-electron chi connectivity index (χ4n) is 4.05. The molecule has 2 unspecified atom stereocenters. The van der Waals surface area contributed by atoms with Crippen molar-refractivity contribution in [1.29, 1.82) is 0 Å². The van der Waals surface area contributed by atoms with Gasteiger partial charge in [-0.25, -0.2) is 0 Å². The molecule has 20 heavy (non-hydrogen) atoms. The summed E-state index contributed by atoms with van der Waals surface area (Å²) in [6.07, 6.45) is 7.35. The molecule has 0 aromatic carbocycles. The highest BCUT2D eigenvalue weighted by Gasteiger charge is 2.41. The maximum absolute atomic E-state index is 10.2. The smallest absolute Gasteiger partial charge is 0.0741 e. The van der Waals surface area contributed by atoms with Crippen LogP contribution in [0.15, 0.2) is 0 Å². The highest BCUT2D eigenvalue weighted by molar-refractivity contribution is 4.93. The van der Waals surface area contributed by atoms with E-state index in [1.54, 1.807) is 0 Å². The third-order valence-corrected chi connectivity index (χ3v) is 5.49. The first-order chi connectivity index (χ1) is 9.59. The molecule has 1 spiro atoms. The lowest BCUT2D eigenvalue weighted by molar-refractivity contribution is -0.151. The van der Waals surface area contributed by atoms with Crippen LogP contribution in [0.5, 0.6) is 0 Å². The molecule has 0 aliphatic carbocycles. The molecule has 0 amide bonds. The van der Waals surface area contributed by atoms with E-state index in [0.717, 1.165) is 77.9 Å². The van der Waals surface area contributed by atoms with Gasteiger partial charge in [0.05, 0.1) is 11.2 Å². The Morgan fingerprint density at radius 2 is 1.85 bits per heavy atom. The zero-order chi connectivity index (χ0) is 14.1. The molecule has 2 atom stereocenters. The van der Waals surface area contributed by atoms with Crippen LogP contribution >= 0.6 is 0 Å². The number of ether oxygens (including phenoxy) is 2. The average Bonchev–Trinajstić information content (AvgIpc) is 2.61. The van der Waals surface area contributed by atoms with Gasteiger partial charge in [-0.1, -0.05) is 0 Å².